The Bertz CT molecular complexity index is 615. The molecule has 1 aromatic carbocycles. The number of phenolic OH excluding ortho intramolecular Hbond substituents is 1. The number of nitrogens with zero attached hydrogens (tertiary/aromatic N) is 2. The molecule has 0 atom stereocenters. The molecule has 0 aliphatic rings. The van der Waals surface area contributed by atoms with Gasteiger partial charge in [0.1, 0.15) is 5.75 Å². The highest BCUT2D eigenvalue weighted by Crippen LogP contribution is 2.21. The molecule has 0 saturated carbocycles. The number of aromatic hydroxyl groups is 1. The first kappa shape index (κ1) is 13.0. The molecule has 0 aliphatic carbocycles. The van der Waals surface area contributed by atoms with Crippen molar-refractivity contribution in [3.8, 4) is 5.75 Å². The van der Waals surface area contributed by atoms with E-state index in [1.807, 2.05) is 0 Å². The van der Waals surface area contributed by atoms with E-state index in [-0.39, 0.29) is 11.3 Å². The van der Waals surface area contributed by atoms with Crippen LogP contribution in [0.15, 0.2) is 47.8 Å². The topological polar surface area (TPSA) is 74.6 Å². The second kappa shape index (κ2) is 5.97. The van der Waals surface area contributed by atoms with Crippen molar-refractivity contribution in [2.75, 3.05) is 0 Å². The van der Waals surface area contributed by atoms with Gasteiger partial charge in [-0.05, 0) is 35.9 Å². The van der Waals surface area contributed by atoms with Crippen molar-refractivity contribution in [3.63, 3.8) is 0 Å². The van der Waals surface area contributed by atoms with E-state index in [1.54, 1.807) is 24.5 Å². The summed E-state index contributed by atoms with van der Waals surface area (Å²) in [5.74, 6) is -0.689. The Balaban J connectivity index is 2.06. The minimum Gasteiger partial charge on any atom is -0.507 e. The molecule has 0 radical (unpaired) electrons. The monoisotopic (exact) mass is 275 g/mol. The number of halogens is 1. The second-order valence-electron chi connectivity index (χ2n) is 3.64. The molecule has 0 bridgehead atoms. The molecule has 1 heterocycles. The standard InChI is InChI=1S/C13H10ClN3O2/c14-10-1-2-12(18)11(7-10)13(19)17-16-8-9-3-5-15-6-4-9/h1-8,18H,(H,17,19)/b16-8+. The molecule has 2 N–H and O–H groups in total. The highest BCUT2D eigenvalue weighted by Gasteiger charge is 2.10. The van der Waals surface area contributed by atoms with Gasteiger partial charge in [0.15, 0.2) is 0 Å². The molecular weight excluding hydrogens is 266 g/mol. The number of hydrogen-bond donors (Lipinski definition) is 2. The van der Waals surface area contributed by atoms with Crippen molar-refractivity contribution in [2.24, 2.45) is 5.10 Å². The van der Waals surface area contributed by atoms with E-state index >= 15 is 0 Å². The van der Waals surface area contributed by atoms with Crippen LogP contribution in [0.1, 0.15) is 15.9 Å². The van der Waals surface area contributed by atoms with Gasteiger partial charge in [0, 0.05) is 17.4 Å². The van der Waals surface area contributed by atoms with Crippen molar-refractivity contribution in [1.29, 1.82) is 0 Å². The SMILES string of the molecule is O=C(N/N=C/c1ccncc1)c1cc(Cl)ccc1O. The molecule has 6 heteroatoms. The molecule has 2 rings (SSSR count). The smallest absolute Gasteiger partial charge is 0.275 e. The van der Waals surface area contributed by atoms with Crippen LogP contribution in [0.2, 0.25) is 5.02 Å². The van der Waals surface area contributed by atoms with Gasteiger partial charge in [0.25, 0.3) is 5.91 Å². The predicted octanol–water partition coefficient (Wildman–Crippen LogP) is 2.20. The average molecular weight is 276 g/mol. The van der Waals surface area contributed by atoms with E-state index in [2.05, 4.69) is 15.5 Å². The summed E-state index contributed by atoms with van der Waals surface area (Å²) in [5.41, 5.74) is 3.17. The molecule has 2 aromatic rings. The normalized spacial score (nSPS) is 10.6. The molecule has 0 fully saturated rings. The number of hydrogen-bond acceptors (Lipinski definition) is 4. The Hall–Kier alpha value is -2.40. The fourth-order valence-corrected chi connectivity index (χ4v) is 1.54. The van der Waals surface area contributed by atoms with Crippen LogP contribution in [-0.2, 0) is 0 Å². The molecular formula is C13H10ClN3O2. The highest BCUT2D eigenvalue weighted by molar-refractivity contribution is 6.31. The lowest BCUT2D eigenvalue weighted by Crippen LogP contribution is -2.17. The van der Waals surface area contributed by atoms with Gasteiger partial charge >= 0.3 is 0 Å². The Morgan fingerprint density at radius 3 is 2.79 bits per heavy atom. The summed E-state index contributed by atoms with van der Waals surface area (Å²) in [6.07, 6.45) is 4.71. The van der Waals surface area contributed by atoms with Crippen molar-refractivity contribution in [1.82, 2.24) is 10.4 Å². The fourth-order valence-electron chi connectivity index (χ4n) is 1.37. The quantitative estimate of drug-likeness (QED) is 0.666. The number of hydrazone groups is 1. The van der Waals surface area contributed by atoms with Gasteiger partial charge in [-0.25, -0.2) is 5.43 Å². The molecule has 0 unspecified atom stereocenters. The number of rotatable bonds is 3. The van der Waals surface area contributed by atoms with Crippen LogP contribution in [0.25, 0.3) is 0 Å². The van der Waals surface area contributed by atoms with Crippen LogP contribution in [0, 0.1) is 0 Å². The first-order valence-electron chi connectivity index (χ1n) is 5.39. The van der Waals surface area contributed by atoms with Crippen LogP contribution in [0.3, 0.4) is 0 Å². The van der Waals surface area contributed by atoms with E-state index < -0.39 is 5.91 Å². The summed E-state index contributed by atoms with van der Waals surface area (Å²) in [7, 11) is 0. The third-order valence-corrected chi connectivity index (χ3v) is 2.52. The Morgan fingerprint density at radius 1 is 1.32 bits per heavy atom. The number of phenols is 1. The van der Waals surface area contributed by atoms with Gasteiger partial charge < -0.3 is 5.11 Å². The van der Waals surface area contributed by atoms with E-state index in [1.165, 1.54) is 24.4 Å². The Morgan fingerprint density at radius 2 is 2.05 bits per heavy atom. The summed E-state index contributed by atoms with van der Waals surface area (Å²) in [6.45, 7) is 0. The van der Waals surface area contributed by atoms with Crippen LogP contribution in [-0.4, -0.2) is 22.2 Å². The van der Waals surface area contributed by atoms with Gasteiger partial charge in [0.05, 0.1) is 11.8 Å². The zero-order chi connectivity index (χ0) is 13.7. The highest BCUT2D eigenvalue weighted by atomic mass is 35.5. The van der Waals surface area contributed by atoms with Crippen molar-refractivity contribution < 1.29 is 9.90 Å². The summed E-state index contributed by atoms with van der Waals surface area (Å²) in [6, 6.07) is 7.70. The number of aromatic nitrogens is 1. The van der Waals surface area contributed by atoms with Crippen LogP contribution >= 0.6 is 11.6 Å². The van der Waals surface area contributed by atoms with Crippen LogP contribution in [0.5, 0.6) is 5.75 Å². The zero-order valence-corrected chi connectivity index (χ0v) is 10.5. The molecule has 0 aliphatic heterocycles. The number of nitrogens with one attached hydrogen (secondary N) is 1. The van der Waals surface area contributed by atoms with Gasteiger partial charge in [-0.1, -0.05) is 11.6 Å². The van der Waals surface area contributed by atoms with Gasteiger partial charge in [0.2, 0.25) is 0 Å². The number of benzene rings is 1. The summed E-state index contributed by atoms with van der Waals surface area (Å²) in [5, 5.41) is 13.7. The molecule has 1 amide bonds. The number of pyridine rings is 1. The number of carbonyl (C=O) groups excluding carboxylic acids is 1. The van der Waals surface area contributed by atoms with E-state index in [4.69, 9.17) is 11.6 Å². The second-order valence-corrected chi connectivity index (χ2v) is 4.08. The number of amides is 1. The minimum absolute atomic E-state index is 0.0689. The first-order chi connectivity index (χ1) is 9.16. The lowest BCUT2D eigenvalue weighted by Gasteiger charge is -2.03. The summed E-state index contributed by atoms with van der Waals surface area (Å²) in [4.78, 5) is 15.6. The van der Waals surface area contributed by atoms with Crippen molar-refractivity contribution >= 4 is 23.7 Å². The van der Waals surface area contributed by atoms with Crippen molar-refractivity contribution in [3.05, 3.63) is 58.9 Å². The minimum atomic E-state index is -0.537. The maximum Gasteiger partial charge on any atom is 0.275 e. The van der Waals surface area contributed by atoms with E-state index in [0.29, 0.717) is 5.02 Å². The van der Waals surface area contributed by atoms with Gasteiger partial charge in [-0.15, -0.1) is 0 Å². The van der Waals surface area contributed by atoms with Gasteiger partial charge in [-0.3, -0.25) is 9.78 Å². The van der Waals surface area contributed by atoms with E-state index in [0.717, 1.165) is 5.56 Å². The molecule has 1 aromatic heterocycles. The first-order valence-corrected chi connectivity index (χ1v) is 5.76. The Kier molecular flexibility index (Phi) is 4.10. The third kappa shape index (κ3) is 3.53. The lowest BCUT2D eigenvalue weighted by atomic mass is 10.2. The van der Waals surface area contributed by atoms with E-state index in [9.17, 15) is 9.90 Å². The maximum absolute atomic E-state index is 11.8. The van der Waals surface area contributed by atoms with Crippen LogP contribution < -0.4 is 5.43 Å². The summed E-state index contributed by atoms with van der Waals surface area (Å²) < 4.78 is 0. The summed E-state index contributed by atoms with van der Waals surface area (Å²) >= 11 is 5.75. The third-order valence-electron chi connectivity index (χ3n) is 2.29. The Labute approximate surface area is 114 Å². The molecule has 0 spiro atoms. The molecule has 0 saturated heterocycles. The lowest BCUT2D eigenvalue weighted by molar-refractivity contribution is 0.0952. The van der Waals surface area contributed by atoms with Gasteiger partial charge in [-0.2, -0.15) is 5.10 Å². The zero-order valence-electron chi connectivity index (χ0n) is 9.75. The predicted molar refractivity (Wildman–Crippen MR) is 72.4 cm³/mol. The largest absolute Gasteiger partial charge is 0.507 e. The number of carbonyl (C=O) groups is 1. The maximum atomic E-state index is 11.8. The van der Waals surface area contributed by atoms with Crippen LogP contribution in [0.4, 0.5) is 0 Å². The molecule has 96 valence electrons. The fraction of sp³-hybridized carbons (Fsp3) is 0. The molecule has 5 nitrogen and oxygen atoms in total. The molecule has 19 heavy (non-hydrogen) atoms. The average Bonchev–Trinajstić information content (AvgIpc) is 2.42. The van der Waals surface area contributed by atoms with Crippen molar-refractivity contribution in [2.45, 2.75) is 0 Å².